The van der Waals surface area contributed by atoms with Crippen LogP contribution >= 0.6 is 0 Å². The summed E-state index contributed by atoms with van der Waals surface area (Å²) in [7, 11) is 0. The molecule has 2 aromatic heterocycles. The largest absolute Gasteiger partial charge is 0.348 e. The molecule has 6 heteroatoms. The first-order valence-corrected chi connectivity index (χ1v) is 8.51. The predicted molar refractivity (Wildman–Crippen MR) is 90.7 cm³/mol. The summed E-state index contributed by atoms with van der Waals surface area (Å²) in [5.74, 6) is 0. The summed E-state index contributed by atoms with van der Waals surface area (Å²) < 4.78 is 0. The van der Waals surface area contributed by atoms with Crippen molar-refractivity contribution in [2.24, 2.45) is 0 Å². The van der Waals surface area contributed by atoms with Gasteiger partial charge in [0.1, 0.15) is 0 Å². The van der Waals surface area contributed by atoms with Gasteiger partial charge < -0.3 is 20.6 Å². The van der Waals surface area contributed by atoms with E-state index < -0.39 is 0 Å². The normalized spacial score (nSPS) is 22.8. The van der Waals surface area contributed by atoms with Gasteiger partial charge in [-0.1, -0.05) is 24.3 Å². The van der Waals surface area contributed by atoms with E-state index in [4.69, 9.17) is 0 Å². The molecule has 2 aliphatic rings. The molecule has 0 saturated carbocycles. The van der Waals surface area contributed by atoms with E-state index in [-0.39, 0.29) is 12.1 Å². The Morgan fingerprint density at radius 2 is 1.17 bits per heavy atom. The van der Waals surface area contributed by atoms with Crippen LogP contribution in [0.5, 0.6) is 0 Å². The molecule has 3 aromatic rings. The van der Waals surface area contributed by atoms with Crippen molar-refractivity contribution in [2.75, 3.05) is 13.1 Å². The van der Waals surface area contributed by atoms with Gasteiger partial charge in [0.2, 0.25) is 0 Å². The van der Waals surface area contributed by atoms with Crippen molar-refractivity contribution < 1.29 is 0 Å². The minimum atomic E-state index is 0.175. The first-order valence-electron chi connectivity index (χ1n) is 8.51. The van der Waals surface area contributed by atoms with E-state index in [0.717, 1.165) is 37.3 Å². The van der Waals surface area contributed by atoms with Crippen LogP contribution in [0.2, 0.25) is 0 Å². The quantitative estimate of drug-likeness (QED) is 0.578. The van der Waals surface area contributed by atoms with E-state index in [0.29, 0.717) is 0 Å². The van der Waals surface area contributed by atoms with Crippen molar-refractivity contribution in [3.63, 3.8) is 0 Å². The van der Waals surface area contributed by atoms with Crippen LogP contribution in [0.15, 0.2) is 36.9 Å². The number of H-pyrrole nitrogens is 2. The van der Waals surface area contributed by atoms with Crippen LogP contribution in [-0.4, -0.2) is 33.0 Å². The molecular formula is C18H20N6. The number of imidazole rings is 2. The number of nitrogens with one attached hydrogen (secondary N) is 4. The van der Waals surface area contributed by atoms with E-state index in [1.807, 2.05) is 0 Å². The lowest BCUT2D eigenvalue weighted by Crippen LogP contribution is -2.31. The van der Waals surface area contributed by atoms with Gasteiger partial charge in [-0.05, 0) is 11.1 Å². The maximum Gasteiger partial charge on any atom is 0.0926 e. The zero-order chi connectivity index (χ0) is 15.9. The van der Waals surface area contributed by atoms with Crippen LogP contribution in [0, 0.1) is 0 Å². The second-order valence-corrected chi connectivity index (χ2v) is 6.47. The first-order chi connectivity index (χ1) is 11.9. The molecule has 0 bridgehead atoms. The lowest BCUT2D eigenvalue weighted by molar-refractivity contribution is 0.547. The Morgan fingerprint density at radius 1 is 0.708 bits per heavy atom. The predicted octanol–water partition coefficient (Wildman–Crippen LogP) is 1.60. The van der Waals surface area contributed by atoms with E-state index >= 15 is 0 Å². The molecule has 0 aliphatic carbocycles. The number of aromatic amines is 2. The topological polar surface area (TPSA) is 81.4 Å². The monoisotopic (exact) mass is 320 g/mol. The van der Waals surface area contributed by atoms with E-state index in [1.54, 1.807) is 12.7 Å². The molecule has 1 aromatic carbocycles. The first kappa shape index (κ1) is 13.9. The molecule has 122 valence electrons. The molecule has 0 saturated heterocycles. The fourth-order valence-electron chi connectivity index (χ4n) is 3.87. The van der Waals surface area contributed by atoms with Crippen molar-refractivity contribution >= 4 is 0 Å². The maximum atomic E-state index is 4.51. The third-order valence-corrected chi connectivity index (χ3v) is 5.10. The molecule has 0 radical (unpaired) electrons. The highest BCUT2D eigenvalue weighted by atomic mass is 15.0. The fraction of sp³-hybridized carbons (Fsp3) is 0.333. The smallest absolute Gasteiger partial charge is 0.0926 e. The Morgan fingerprint density at radius 3 is 1.62 bits per heavy atom. The Balaban J connectivity index is 1.45. The van der Waals surface area contributed by atoms with Gasteiger partial charge in [-0.25, -0.2) is 9.97 Å². The average molecular weight is 320 g/mol. The number of nitrogens with zero attached hydrogens (tertiary/aromatic N) is 2. The van der Waals surface area contributed by atoms with Gasteiger partial charge in [-0.2, -0.15) is 0 Å². The molecule has 2 aliphatic heterocycles. The standard InChI is InChI=1S/C18H20N6/c1-2-12(16-18-14(6-8-20-16)22-10-24-18)4-3-11(1)15-17-13(5-7-19-15)21-9-23-17/h1-4,9-10,15-16,19-20H,5-8H2,(H,21,23)(H,22,24)/t15-,16+. The molecule has 4 N–H and O–H groups in total. The highest BCUT2D eigenvalue weighted by Crippen LogP contribution is 2.30. The van der Waals surface area contributed by atoms with Gasteiger partial charge in [0.15, 0.2) is 0 Å². The molecule has 0 spiro atoms. The number of aromatic nitrogens is 4. The summed E-state index contributed by atoms with van der Waals surface area (Å²) in [6.45, 7) is 1.95. The summed E-state index contributed by atoms with van der Waals surface area (Å²) in [6.07, 6.45) is 5.61. The SMILES string of the molecule is c1nc2c([nH]1)CCN[C@@H]2c1ccc([C@@H]2NCCc3[nH]cnc32)cc1. The zero-order valence-corrected chi connectivity index (χ0v) is 13.3. The molecule has 5 rings (SSSR count). The Hall–Kier alpha value is -2.44. The summed E-state index contributed by atoms with van der Waals surface area (Å²) in [5, 5.41) is 7.15. The number of hydrogen-bond donors (Lipinski definition) is 4. The van der Waals surface area contributed by atoms with Gasteiger partial charge in [-0.3, -0.25) is 0 Å². The van der Waals surface area contributed by atoms with E-state index in [2.05, 4.69) is 54.8 Å². The molecule has 0 amide bonds. The minimum Gasteiger partial charge on any atom is -0.348 e. The second-order valence-electron chi connectivity index (χ2n) is 6.47. The van der Waals surface area contributed by atoms with Crippen molar-refractivity contribution in [3.8, 4) is 0 Å². The van der Waals surface area contributed by atoms with Crippen LogP contribution in [0.4, 0.5) is 0 Å². The number of hydrogen-bond acceptors (Lipinski definition) is 4. The second kappa shape index (κ2) is 5.58. The van der Waals surface area contributed by atoms with Crippen molar-refractivity contribution in [3.05, 3.63) is 70.8 Å². The van der Waals surface area contributed by atoms with Crippen molar-refractivity contribution in [2.45, 2.75) is 24.9 Å². The maximum absolute atomic E-state index is 4.51. The summed E-state index contributed by atoms with van der Waals surface area (Å²) in [6, 6.07) is 9.18. The molecule has 0 fully saturated rings. The van der Waals surface area contributed by atoms with Gasteiger partial charge in [0.05, 0.1) is 36.1 Å². The van der Waals surface area contributed by atoms with Crippen molar-refractivity contribution in [1.82, 2.24) is 30.6 Å². The molecular weight excluding hydrogens is 300 g/mol. The van der Waals surface area contributed by atoms with Crippen LogP contribution in [0.1, 0.15) is 46.0 Å². The van der Waals surface area contributed by atoms with Crippen LogP contribution in [0.25, 0.3) is 0 Å². The van der Waals surface area contributed by atoms with Gasteiger partial charge in [-0.15, -0.1) is 0 Å². The molecule has 24 heavy (non-hydrogen) atoms. The number of benzene rings is 1. The Kier molecular flexibility index (Phi) is 3.24. The van der Waals surface area contributed by atoms with Gasteiger partial charge in [0, 0.05) is 37.3 Å². The van der Waals surface area contributed by atoms with Gasteiger partial charge >= 0.3 is 0 Å². The number of fused-ring (bicyclic) bond motifs is 2. The molecule has 0 unspecified atom stereocenters. The summed E-state index contributed by atoms with van der Waals surface area (Å²) >= 11 is 0. The molecule has 4 heterocycles. The summed E-state index contributed by atoms with van der Waals surface area (Å²) in [5.41, 5.74) is 7.25. The Labute approximate surface area is 140 Å². The van der Waals surface area contributed by atoms with E-state index in [1.165, 1.54) is 22.5 Å². The summed E-state index contributed by atoms with van der Waals surface area (Å²) in [4.78, 5) is 15.5. The highest BCUT2D eigenvalue weighted by Gasteiger charge is 2.26. The van der Waals surface area contributed by atoms with Crippen molar-refractivity contribution in [1.29, 1.82) is 0 Å². The molecule has 2 atom stereocenters. The van der Waals surface area contributed by atoms with Crippen LogP contribution in [0.3, 0.4) is 0 Å². The highest BCUT2D eigenvalue weighted by molar-refractivity contribution is 5.38. The third kappa shape index (κ3) is 2.18. The average Bonchev–Trinajstić information content (AvgIpc) is 3.30. The van der Waals surface area contributed by atoms with Crippen LogP contribution in [-0.2, 0) is 12.8 Å². The Bertz CT molecular complexity index is 775. The molecule has 6 nitrogen and oxygen atoms in total. The zero-order valence-electron chi connectivity index (χ0n) is 13.3. The minimum absolute atomic E-state index is 0.175. The number of rotatable bonds is 2. The fourth-order valence-corrected chi connectivity index (χ4v) is 3.87. The van der Waals surface area contributed by atoms with Gasteiger partial charge in [0.25, 0.3) is 0 Å². The lowest BCUT2D eigenvalue weighted by atomic mass is 9.93. The lowest BCUT2D eigenvalue weighted by Gasteiger charge is -2.25. The van der Waals surface area contributed by atoms with E-state index in [9.17, 15) is 0 Å². The third-order valence-electron chi connectivity index (χ3n) is 5.10. The van der Waals surface area contributed by atoms with Crippen LogP contribution < -0.4 is 10.6 Å².